The molecule has 4 rings (SSSR count). The molecule has 0 spiro atoms. The van der Waals surface area contributed by atoms with E-state index < -0.39 is 10.0 Å². The number of hydrogen-bond donors (Lipinski definition) is 0. The van der Waals surface area contributed by atoms with Crippen molar-refractivity contribution in [2.45, 2.75) is 6.92 Å². The number of carbonyl (C=O) groups is 1. The number of carbonyl (C=O) groups excluding carboxylic acids is 1. The summed E-state index contributed by atoms with van der Waals surface area (Å²) >= 11 is 0. The lowest BCUT2D eigenvalue weighted by atomic mass is 10.2. The van der Waals surface area contributed by atoms with Gasteiger partial charge in [0.2, 0.25) is 21.7 Å². The highest BCUT2D eigenvalue weighted by Crippen LogP contribution is 2.20. The Hall–Kier alpha value is -3.50. The monoisotopic (exact) mass is 468 g/mol. The molecule has 1 aliphatic heterocycles. The summed E-state index contributed by atoms with van der Waals surface area (Å²) < 4.78 is 37.1. The number of nitrogens with zero attached hydrogens (tertiary/aromatic N) is 4. The molecule has 33 heavy (non-hydrogen) atoms. The third-order valence-corrected chi connectivity index (χ3v) is 6.75. The maximum atomic E-state index is 12.6. The second-order valence-corrected chi connectivity index (χ2v) is 9.31. The smallest absolute Gasteiger partial charge is 0.260 e. The van der Waals surface area contributed by atoms with Crippen molar-refractivity contribution in [1.82, 2.24) is 19.3 Å². The molecule has 172 valence electrons. The van der Waals surface area contributed by atoms with Crippen LogP contribution >= 0.6 is 0 Å². The molecule has 1 amide bonds. The minimum absolute atomic E-state index is 0.124. The van der Waals surface area contributed by atoms with Crippen molar-refractivity contribution in [3.63, 3.8) is 0 Å². The standard InChI is InChI=1S/C23H24N4O5S/c1-18-24-23(25-32-18)20-7-9-21(10-8-20)31-17-22(28)26-12-14-27(15-13-26)33(29,30)16-11-19-5-3-2-4-6-19/h2-11,16H,12-15,17H2,1H3/b16-11+. The topological polar surface area (TPSA) is 106 Å². The molecular weight excluding hydrogens is 444 g/mol. The lowest BCUT2D eigenvalue weighted by Gasteiger charge is -2.33. The number of sulfonamides is 1. The Morgan fingerprint density at radius 2 is 1.76 bits per heavy atom. The summed E-state index contributed by atoms with van der Waals surface area (Å²) in [5.74, 6) is 1.32. The van der Waals surface area contributed by atoms with E-state index in [1.54, 1.807) is 42.2 Å². The van der Waals surface area contributed by atoms with Gasteiger partial charge >= 0.3 is 0 Å². The van der Waals surface area contributed by atoms with Gasteiger partial charge in [-0.1, -0.05) is 35.5 Å². The molecule has 0 aliphatic carbocycles. The summed E-state index contributed by atoms with van der Waals surface area (Å²) in [6.07, 6.45) is 1.58. The van der Waals surface area contributed by atoms with Crippen LogP contribution in [0.15, 0.2) is 64.5 Å². The first-order valence-electron chi connectivity index (χ1n) is 10.5. The van der Waals surface area contributed by atoms with Gasteiger partial charge in [-0.2, -0.15) is 9.29 Å². The third-order valence-electron chi connectivity index (χ3n) is 5.19. The van der Waals surface area contributed by atoms with Crippen molar-refractivity contribution in [2.24, 2.45) is 0 Å². The predicted octanol–water partition coefficient (Wildman–Crippen LogP) is 2.57. The van der Waals surface area contributed by atoms with E-state index in [1.807, 2.05) is 30.3 Å². The first-order chi connectivity index (χ1) is 15.9. The molecule has 3 aromatic rings. The molecule has 0 radical (unpaired) electrons. The highest BCUT2D eigenvalue weighted by atomic mass is 32.2. The number of rotatable bonds is 7. The second-order valence-electron chi connectivity index (χ2n) is 7.49. The molecule has 0 bridgehead atoms. The molecule has 2 heterocycles. The van der Waals surface area contributed by atoms with Crippen LogP contribution < -0.4 is 4.74 Å². The van der Waals surface area contributed by atoms with Crippen LogP contribution in [0.4, 0.5) is 0 Å². The van der Waals surface area contributed by atoms with Crippen molar-refractivity contribution in [2.75, 3.05) is 32.8 Å². The average molecular weight is 469 g/mol. The van der Waals surface area contributed by atoms with Crippen LogP contribution in [0, 0.1) is 6.92 Å². The van der Waals surface area contributed by atoms with Crippen LogP contribution in [0.25, 0.3) is 17.5 Å². The highest BCUT2D eigenvalue weighted by Gasteiger charge is 2.27. The molecule has 1 aliphatic rings. The van der Waals surface area contributed by atoms with Crippen LogP contribution in [-0.2, 0) is 14.8 Å². The van der Waals surface area contributed by atoms with E-state index >= 15 is 0 Å². The van der Waals surface area contributed by atoms with Crippen LogP contribution in [-0.4, -0.2) is 66.5 Å². The minimum atomic E-state index is -3.54. The number of piperazine rings is 1. The third kappa shape index (κ3) is 5.85. The van der Waals surface area contributed by atoms with Gasteiger partial charge in [-0.3, -0.25) is 4.79 Å². The van der Waals surface area contributed by atoms with Gasteiger partial charge in [0.25, 0.3) is 5.91 Å². The van der Waals surface area contributed by atoms with Crippen LogP contribution in [0.2, 0.25) is 0 Å². The fourth-order valence-corrected chi connectivity index (χ4v) is 4.53. The first-order valence-corrected chi connectivity index (χ1v) is 12.0. The Balaban J connectivity index is 1.26. The second kappa shape index (κ2) is 9.97. The van der Waals surface area contributed by atoms with Gasteiger partial charge in [0.05, 0.1) is 0 Å². The largest absolute Gasteiger partial charge is 0.484 e. The predicted molar refractivity (Wildman–Crippen MR) is 123 cm³/mol. The molecule has 1 aromatic heterocycles. The van der Waals surface area contributed by atoms with Crippen LogP contribution in [0.1, 0.15) is 11.5 Å². The normalized spacial score (nSPS) is 15.1. The van der Waals surface area contributed by atoms with E-state index in [-0.39, 0.29) is 25.6 Å². The van der Waals surface area contributed by atoms with Crippen LogP contribution in [0.5, 0.6) is 5.75 Å². The Morgan fingerprint density at radius 3 is 2.39 bits per heavy atom. The zero-order valence-electron chi connectivity index (χ0n) is 18.1. The Morgan fingerprint density at radius 1 is 1.06 bits per heavy atom. The molecule has 0 N–H and O–H groups in total. The Bertz CT molecular complexity index is 1220. The van der Waals surface area contributed by atoms with Gasteiger partial charge in [-0.25, -0.2) is 8.42 Å². The molecule has 1 fully saturated rings. The molecular formula is C23H24N4O5S. The number of ether oxygens (including phenoxy) is 1. The molecule has 0 atom stereocenters. The number of benzene rings is 2. The number of amides is 1. The molecule has 0 saturated carbocycles. The van der Waals surface area contributed by atoms with E-state index in [9.17, 15) is 13.2 Å². The first kappa shape index (κ1) is 22.7. The van der Waals surface area contributed by atoms with Crippen molar-refractivity contribution in [1.29, 1.82) is 0 Å². The highest BCUT2D eigenvalue weighted by molar-refractivity contribution is 7.92. The fourth-order valence-electron chi connectivity index (χ4n) is 3.36. The Labute approximate surface area is 192 Å². The fraction of sp³-hybridized carbons (Fsp3) is 0.261. The lowest BCUT2D eigenvalue weighted by molar-refractivity contribution is -0.134. The number of aromatic nitrogens is 2. The van der Waals surface area contributed by atoms with E-state index in [4.69, 9.17) is 9.26 Å². The summed E-state index contributed by atoms with van der Waals surface area (Å²) in [7, 11) is -3.54. The summed E-state index contributed by atoms with van der Waals surface area (Å²) in [5.41, 5.74) is 1.59. The zero-order valence-corrected chi connectivity index (χ0v) is 18.9. The maximum absolute atomic E-state index is 12.6. The van der Waals surface area contributed by atoms with Gasteiger partial charge < -0.3 is 14.2 Å². The van der Waals surface area contributed by atoms with Crippen molar-refractivity contribution < 1.29 is 22.5 Å². The van der Waals surface area contributed by atoms with E-state index in [2.05, 4.69) is 10.1 Å². The molecule has 10 heteroatoms. The van der Waals surface area contributed by atoms with Crippen molar-refractivity contribution >= 4 is 22.0 Å². The summed E-state index contributed by atoms with van der Waals surface area (Å²) in [4.78, 5) is 18.3. The summed E-state index contributed by atoms with van der Waals surface area (Å²) in [6, 6.07) is 16.3. The van der Waals surface area contributed by atoms with E-state index in [1.165, 1.54) is 9.71 Å². The van der Waals surface area contributed by atoms with E-state index in [0.717, 1.165) is 11.1 Å². The van der Waals surface area contributed by atoms with Gasteiger partial charge in [0, 0.05) is 44.1 Å². The Kier molecular flexibility index (Phi) is 6.85. The quantitative estimate of drug-likeness (QED) is 0.525. The van der Waals surface area contributed by atoms with Gasteiger partial charge in [-0.05, 0) is 35.9 Å². The molecule has 9 nitrogen and oxygen atoms in total. The van der Waals surface area contributed by atoms with Crippen molar-refractivity contribution in [3.8, 4) is 17.1 Å². The van der Waals surface area contributed by atoms with Gasteiger partial charge in [-0.15, -0.1) is 0 Å². The number of hydrogen-bond acceptors (Lipinski definition) is 7. The average Bonchev–Trinajstić information content (AvgIpc) is 3.28. The van der Waals surface area contributed by atoms with Gasteiger partial charge in [0.1, 0.15) is 5.75 Å². The van der Waals surface area contributed by atoms with E-state index in [0.29, 0.717) is 30.6 Å². The van der Waals surface area contributed by atoms with Crippen LogP contribution in [0.3, 0.4) is 0 Å². The summed E-state index contributed by atoms with van der Waals surface area (Å²) in [6.45, 7) is 2.71. The number of aryl methyl sites for hydroxylation is 1. The molecule has 2 aromatic carbocycles. The zero-order chi connectivity index (χ0) is 23.3. The lowest BCUT2D eigenvalue weighted by Crippen LogP contribution is -2.51. The molecule has 1 saturated heterocycles. The SMILES string of the molecule is Cc1nc(-c2ccc(OCC(=O)N3CCN(S(=O)(=O)/C=C/c4ccccc4)CC3)cc2)no1. The summed E-state index contributed by atoms with van der Waals surface area (Å²) in [5, 5.41) is 5.07. The molecule has 0 unspecified atom stereocenters. The maximum Gasteiger partial charge on any atom is 0.260 e. The minimum Gasteiger partial charge on any atom is -0.484 e. The van der Waals surface area contributed by atoms with Gasteiger partial charge in [0.15, 0.2) is 6.61 Å². The van der Waals surface area contributed by atoms with Crippen molar-refractivity contribution in [3.05, 3.63) is 71.5 Å².